The fourth-order valence-electron chi connectivity index (χ4n) is 4.44. The van der Waals surface area contributed by atoms with E-state index in [0.717, 1.165) is 16.9 Å². The van der Waals surface area contributed by atoms with Crippen LogP contribution in [-0.2, 0) is 22.4 Å². The van der Waals surface area contributed by atoms with Crippen LogP contribution in [-0.4, -0.2) is 39.6 Å². The second kappa shape index (κ2) is 8.26. The van der Waals surface area contributed by atoms with Crippen molar-refractivity contribution in [2.75, 3.05) is 0 Å². The lowest BCUT2D eigenvalue weighted by Crippen LogP contribution is -2.57. The van der Waals surface area contributed by atoms with Crippen molar-refractivity contribution in [3.8, 4) is 0 Å². The number of aryl methyl sites for hydroxylation is 2. The molecule has 0 radical (unpaired) electrons. The Morgan fingerprint density at radius 2 is 1.59 bits per heavy atom. The first-order valence-corrected chi connectivity index (χ1v) is 10.9. The van der Waals surface area contributed by atoms with Crippen molar-refractivity contribution in [2.24, 2.45) is 0 Å². The zero-order chi connectivity index (χ0) is 23.0. The maximum Gasteiger partial charge on any atom is 0.262 e. The predicted octanol–water partition coefficient (Wildman–Crippen LogP) is 3.74. The molecule has 0 aromatic heterocycles. The first kappa shape index (κ1) is 21.8. The highest BCUT2D eigenvalue weighted by atomic mass is 16.2. The molecule has 2 aliphatic rings. The van der Waals surface area contributed by atoms with Gasteiger partial charge in [-0.05, 0) is 49.4 Å². The highest BCUT2D eigenvalue weighted by Gasteiger charge is 2.52. The minimum absolute atomic E-state index is 0.0159. The van der Waals surface area contributed by atoms with Crippen molar-refractivity contribution in [2.45, 2.75) is 57.9 Å². The molecule has 1 aliphatic carbocycles. The van der Waals surface area contributed by atoms with Gasteiger partial charge in [0.15, 0.2) is 11.6 Å². The van der Waals surface area contributed by atoms with Gasteiger partial charge in [0.05, 0.1) is 17.5 Å². The monoisotopic (exact) mass is 431 g/mol. The average molecular weight is 431 g/mol. The van der Waals surface area contributed by atoms with E-state index in [1.165, 1.54) is 5.56 Å². The summed E-state index contributed by atoms with van der Waals surface area (Å²) in [6.07, 6.45) is 1.70. The lowest BCUT2D eigenvalue weighted by Gasteiger charge is -2.38. The highest BCUT2D eigenvalue weighted by Crippen LogP contribution is 2.36. The number of carbonyl (C=O) groups is 5. The van der Waals surface area contributed by atoms with Gasteiger partial charge in [-0.3, -0.25) is 28.9 Å². The van der Waals surface area contributed by atoms with E-state index in [9.17, 15) is 24.0 Å². The third kappa shape index (κ3) is 3.70. The number of rotatable bonds is 6. The highest BCUT2D eigenvalue weighted by molar-refractivity contribution is 6.24. The predicted molar refractivity (Wildman–Crippen MR) is 118 cm³/mol. The number of hydrogen-bond acceptors (Lipinski definition) is 5. The average Bonchev–Trinajstić information content (AvgIpc) is 3.05. The van der Waals surface area contributed by atoms with E-state index in [1.54, 1.807) is 25.1 Å². The Morgan fingerprint density at radius 1 is 0.938 bits per heavy atom. The van der Waals surface area contributed by atoms with E-state index in [0.29, 0.717) is 12.0 Å². The number of carbonyl (C=O) groups excluding carboxylic acids is 5. The number of amides is 2. The van der Waals surface area contributed by atoms with Crippen LogP contribution in [0.25, 0.3) is 0 Å². The van der Waals surface area contributed by atoms with Crippen LogP contribution in [0, 0.1) is 0 Å². The van der Waals surface area contributed by atoms with Crippen LogP contribution >= 0.6 is 0 Å². The number of Topliss-reactive ketones (excluding diaryl/α,β-unsaturated/α-hetero) is 3. The molecule has 6 nitrogen and oxygen atoms in total. The fraction of sp³-hybridized carbons (Fsp3) is 0.346. The van der Waals surface area contributed by atoms with Crippen LogP contribution in [0.5, 0.6) is 0 Å². The Labute approximate surface area is 186 Å². The van der Waals surface area contributed by atoms with E-state index in [4.69, 9.17) is 0 Å². The molecule has 2 aromatic rings. The van der Waals surface area contributed by atoms with Gasteiger partial charge >= 0.3 is 0 Å². The molecule has 1 heterocycles. The fourth-order valence-corrected chi connectivity index (χ4v) is 4.44. The van der Waals surface area contributed by atoms with Crippen molar-refractivity contribution in [1.29, 1.82) is 0 Å². The molecule has 1 atom stereocenters. The molecule has 2 amide bonds. The summed E-state index contributed by atoms with van der Waals surface area (Å²) in [5.74, 6) is -1.57. The molecular formula is C26H25NO5. The third-order valence-electron chi connectivity index (χ3n) is 6.62. The van der Waals surface area contributed by atoms with Gasteiger partial charge in [0.2, 0.25) is 0 Å². The molecule has 32 heavy (non-hydrogen) atoms. The molecule has 0 bridgehead atoms. The summed E-state index contributed by atoms with van der Waals surface area (Å²) in [6.45, 7) is 3.62. The minimum atomic E-state index is -1.30. The van der Waals surface area contributed by atoms with Crippen LogP contribution in [0.3, 0.4) is 0 Å². The molecule has 0 N–H and O–H groups in total. The molecule has 0 unspecified atom stereocenters. The summed E-state index contributed by atoms with van der Waals surface area (Å²) >= 11 is 0. The van der Waals surface area contributed by atoms with Crippen molar-refractivity contribution < 1.29 is 24.0 Å². The Balaban J connectivity index is 1.51. The molecule has 1 aliphatic heterocycles. The Bertz CT molecular complexity index is 1150. The molecule has 2 aromatic carbocycles. The smallest absolute Gasteiger partial charge is 0.262 e. The van der Waals surface area contributed by atoms with Gasteiger partial charge in [-0.25, -0.2) is 0 Å². The Kier molecular flexibility index (Phi) is 5.63. The number of hydrogen-bond donors (Lipinski definition) is 0. The number of fused-ring (bicyclic) bond motifs is 1. The lowest BCUT2D eigenvalue weighted by molar-refractivity contribution is -0.137. The second-order valence-electron chi connectivity index (χ2n) is 8.71. The molecule has 4 rings (SSSR count). The van der Waals surface area contributed by atoms with Crippen LogP contribution in [0.15, 0.2) is 42.5 Å². The zero-order valence-corrected chi connectivity index (χ0v) is 18.3. The van der Waals surface area contributed by atoms with E-state index >= 15 is 0 Å². The zero-order valence-electron chi connectivity index (χ0n) is 18.3. The number of benzene rings is 2. The normalized spacial score (nSPS) is 20.6. The van der Waals surface area contributed by atoms with Gasteiger partial charge < -0.3 is 0 Å². The van der Waals surface area contributed by atoms with Crippen LogP contribution in [0.4, 0.5) is 0 Å². The van der Waals surface area contributed by atoms with Crippen molar-refractivity contribution >= 4 is 29.2 Å². The topological polar surface area (TPSA) is 88.6 Å². The summed E-state index contributed by atoms with van der Waals surface area (Å²) in [5.41, 5.74) is 1.80. The lowest BCUT2D eigenvalue weighted by atomic mass is 9.80. The summed E-state index contributed by atoms with van der Waals surface area (Å²) in [6, 6.07) is 12.5. The molecule has 1 saturated carbocycles. The van der Waals surface area contributed by atoms with Gasteiger partial charge in [-0.2, -0.15) is 0 Å². The van der Waals surface area contributed by atoms with E-state index < -0.39 is 23.1 Å². The molecule has 6 heteroatoms. The minimum Gasteiger partial charge on any atom is -0.299 e. The molecule has 1 fully saturated rings. The van der Waals surface area contributed by atoms with E-state index in [2.05, 4.69) is 6.92 Å². The number of nitrogens with zero attached hydrogens (tertiary/aromatic N) is 1. The summed E-state index contributed by atoms with van der Waals surface area (Å²) in [4.78, 5) is 63.8. The van der Waals surface area contributed by atoms with Gasteiger partial charge in [-0.15, -0.1) is 0 Å². The van der Waals surface area contributed by atoms with Gasteiger partial charge in [0.1, 0.15) is 11.3 Å². The van der Waals surface area contributed by atoms with Crippen LogP contribution in [0.1, 0.15) is 81.7 Å². The van der Waals surface area contributed by atoms with Crippen LogP contribution < -0.4 is 0 Å². The maximum atomic E-state index is 13.1. The first-order chi connectivity index (χ1) is 15.2. The SMILES string of the molecule is CCc1ccc(C(=O)CCc2ccc3c(c2)C(=O)N([C@@]2(C)CCC(=O)CC2=O)C3=O)cc1. The summed E-state index contributed by atoms with van der Waals surface area (Å²) in [5, 5.41) is 0. The van der Waals surface area contributed by atoms with E-state index in [1.807, 2.05) is 24.3 Å². The van der Waals surface area contributed by atoms with Gasteiger partial charge in [0.25, 0.3) is 11.8 Å². The second-order valence-corrected chi connectivity index (χ2v) is 8.71. The molecule has 0 saturated heterocycles. The quantitative estimate of drug-likeness (QED) is 0.395. The number of imide groups is 1. The first-order valence-electron chi connectivity index (χ1n) is 10.9. The van der Waals surface area contributed by atoms with Crippen molar-refractivity contribution in [3.05, 3.63) is 70.3 Å². The molecule has 164 valence electrons. The molecular weight excluding hydrogens is 406 g/mol. The summed E-state index contributed by atoms with van der Waals surface area (Å²) in [7, 11) is 0. The van der Waals surface area contributed by atoms with E-state index in [-0.39, 0.29) is 48.4 Å². The van der Waals surface area contributed by atoms with Crippen molar-refractivity contribution in [3.63, 3.8) is 0 Å². The third-order valence-corrected chi connectivity index (χ3v) is 6.62. The largest absolute Gasteiger partial charge is 0.299 e. The maximum absolute atomic E-state index is 13.1. The Hall–Kier alpha value is -3.41. The summed E-state index contributed by atoms with van der Waals surface area (Å²) < 4.78 is 0. The Morgan fingerprint density at radius 3 is 2.25 bits per heavy atom. The van der Waals surface area contributed by atoms with Crippen molar-refractivity contribution in [1.82, 2.24) is 4.90 Å². The molecule has 0 spiro atoms. The standard InChI is InChI=1S/C26H25NO5/c1-3-16-4-8-18(9-5-16)22(29)11-7-17-6-10-20-21(14-17)25(32)27(24(20)31)26(2)13-12-19(28)15-23(26)30/h4-6,8-10,14H,3,7,11-13,15H2,1-2H3/t26-/m0/s1. The van der Waals surface area contributed by atoms with Gasteiger partial charge in [-0.1, -0.05) is 37.3 Å². The van der Waals surface area contributed by atoms with Gasteiger partial charge in [0, 0.05) is 18.4 Å². The van der Waals surface area contributed by atoms with Crippen LogP contribution in [0.2, 0.25) is 0 Å². The number of ketones is 3.